The van der Waals surface area contributed by atoms with Gasteiger partial charge in [0.05, 0.1) is 0 Å². The Morgan fingerprint density at radius 1 is 1.64 bits per heavy atom. The summed E-state index contributed by atoms with van der Waals surface area (Å²) in [6.07, 6.45) is 0.413. The number of Topliss-reactive ketones (excluding diaryl/α,β-unsaturated/α-hetero) is 1. The molecule has 0 aromatic rings. The molecule has 3 N–H and O–H groups in total. The molecule has 0 aliphatic heterocycles. The fourth-order valence-electron chi connectivity index (χ4n) is 1.03. The minimum Gasteiger partial charge on any atom is -0.505 e. The van der Waals surface area contributed by atoms with Crippen LogP contribution in [0.15, 0.2) is 11.8 Å². The van der Waals surface area contributed by atoms with Gasteiger partial charge in [-0.1, -0.05) is 0 Å². The van der Waals surface area contributed by atoms with Crippen LogP contribution >= 0.6 is 0 Å². The number of rotatable bonds is 1. The van der Waals surface area contributed by atoms with Gasteiger partial charge < -0.3 is 15.3 Å². The van der Waals surface area contributed by atoms with Crippen LogP contribution < -0.4 is 0 Å². The third kappa shape index (κ3) is 1.41. The molecule has 11 heavy (non-hydrogen) atoms. The molecule has 62 valence electrons. The van der Waals surface area contributed by atoms with Crippen molar-refractivity contribution in [2.45, 2.75) is 12.5 Å². The summed E-state index contributed by atoms with van der Waals surface area (Å²) in [4.78, 5) is 10.8. The van der Waals surface area contributed by atoms with Crippen molar-refractivity contribution in [2.75, 3.05) is 6.61 Å². The van der Waals surface area contributed by atoms with E-state index in [-0.39, 0.29) is 6.61 Å². The molecule has 0 fully saturated rings. The highest BCUT2D eigenvalue weighted by atomic mass is 16.3. The highest BCUT2D eigenvalue weighted by Crippen LogP contribution is 2.19. The average Bonchev–Trinajstić information content (AvgIpc) is 2.01. The SMILES string of the molecule is O=C1C(O)=CCC(CO)C1O. The highest BCUT2D eigenvalue weighted by molar-refractivity contribution is 5.97. The van der Waals surface area contributed by atoms with Gasteiger partial charge >= 0.3 is 0 Å². The van der Waals surface area contributed by atoms with E-state index in [1.807, 2.05) is 0 Å². The average molecular weight is 158 g/mol. The zero-order valence-electron chi connectivity index (χ0n) is 5.90. The van der Waals surface area contributed by atoms with E-state index >= 15 is 0 Å². The van der Waals surface area contributed by atoms with Crippen LogP contribution in [0.4, 0.5) is 0 Å². The van der Waals surface area contributed by atoms with E-state index in [0.717, 1.165) is 0 Å². The van der Waals surface area contributed by atoms with Crippen LogP contribution in [-0.2, 0) is 4.79 Å². The Hall–Kier alpha value is -0.870. The van der Waals surface area contributed by atoms with Gasteiger partial charge in [0.25, 0.3) is 0 Å². The maximum atomic E-state index is 10.8. The number of hydrogen-bond donors (Lipinski definition) is 3. The lowest BCUT2D eigenvalue weighted by atomic mass is 9.90. The van der Waals surface area contributed by atoms with Gasteiger partial charge in [-0.2, -0.15) is 0 Å². The molecule has 0 aromatic heterocycles. The smallest absolute Gasteiger partial charge is 0.225 e. The number of allylic oxidation sites excluding steroid dienone is 1. The highest BCUT2D eigenvalue weighted by Gasteiger charge is 2.31. The molecule has 4 heteroatoms. The van der Waals surface area contributed by atoms with Crippen LogP contribution in [-0.4, -0.2) is 33.8 Å². The molecule has 0 amide bonds. The summed E-state index contributed by atoms with van der Waals surface area (Å²) in [5, 5.41) is 26.6. The van der Waals surface area contributed by atoms with Gasteiger partial charge in [-0.05, 0) is 12.5 Å². The Balaban J connectivity index is 2.76. The molecule has 0 aromatic carbocycles. The van der Waals surface area contributed by atoms with Crippen molar-refractivity contribution in [1.82, 2.24) is 0 Å². The molecule has 1 rings (SSSR count). The first-order valence-electron chi connectivity index (χ1n) is 3.39. The predicted molar refractivity (Wildman–Crippen MR) is 36.9 cm³/mol. The third-order valence-electron chi connectivity index (χ3n) is 1.82. The Bertz CT molecular complexity index is 197. The fourth-order valence-corrected chi connectivity index (χ4v) is 1.03. The normalized spacial score (nSPS) is 31.8. The van der Waals surface area contributed by atoms with Crippen molar-refractivity contribution in [3.8, 4) is 0 Å². The van der Waals surface area contributed by atoms with Crippen LogP contribution in [0.2, 0.25) is 0 Å². The second-order valence-electron chi connectivity index (χ2n) is 2.58. The Kier molecular flexibility index (Phi) is 2.26. The van der Waals surface area contributed by atoms with Crippen LogP contribution in [0.5, 0.6) is 0 Å². The third-order valence-corrected chi connectivity index (χ3v) is 1.82. The number of hydrogen-bond acceptors (Lipinski definition) is 4. The molecule has 1 aliphatic rings. The van der Waals surface area contributed by atoms with Gasteiger partial charge in [0, 0.05) is 12.5 Å². The van der Waals surface area contributed by atoms with Gasteiger partial charge in [0.15, 0.2) is 5.76 Å². The summed E-state index contributed by atoms with van der Waals surface area (Å²) in [7, 11) is 0. The van der Waals surface area contributed by atoms with Gasteiger partial charge in [0.2, 0.25) is 5.78 Å². The first-order valence-corrected chi connectivity index (χ1v) is 3.39. The lowest BCUT2D eigenvalue weighted by molar-refractivity contribution is -0.130. The zero-order valence-corrected chi connectivity index (χ0v) is 5.90. The summed E-state index contributed by atoms with van der Waals surface area (Å²) in [5.74, 6) is -1.56. The van der Waals surface area contributed by atoms with Crippen LogP contribution in [0, 0.1) is 5.92 Å². The van der Waals surface area contributed by atoms with E-state index in [9.17, 15) is 4.79 Å². The van der Waals surface area contributed by atoms with E-state index in [2.05, 4.69) is 0 Å². The summed E-state index contributed by atoms with van der Waals surface area (Å²) in [5.41, 5.74) is 0. The maximum Gasteiger partial charge on any atom is 0.225 e. The fraction of sp³-hybridized carbons (Fsp3) is 0.571. The Labute approximate surface area is 63.8 Å². The number of ketones is 1. The summed E-state index contributed by atoms with van der Waals surface area (Å²) >= 11 is 0. The van der Waals surface area contributed by atoms with E-state index in [1.54, 1.807) is 0 Å². The van der Waals surface area contributed by atoms with Gasteiger partial charge in [-0.25, -0.2) is 0 Å². The molecule has 2 atom stereocenters. The maximum absolute atomic E-state index is 10.8. The topological polar surface area (TPSA) is 77.8 Å². The minimum absolute atomic E-state index is 0.239. The first-order chi connectivity index (χ1) is 5.16. The summed E-state index contributed by atoms with van der Waals surface area (Å²) < 4.78 is 0. The molecule has 0 spiro atoms. The van der Waals surface area contributed by atoms with Crippen molar-refractivity contribution in [2.24, 2.45) is 5.92 Å². The molecular formula is C7H10O4. The Morgan fingerprint density at radius 2 is 2.27 bits per heavy atom. The molecule has 0 radical (unpaired) electrons. The monoisotopic (exact) mass is 158 g/mol. The van der Waals surface area contributed by atoms with E-state index in [0.29, 0.717) is 6.42 Å². The number of aliphatic hydroxyl groups is 3. The van der Waals surface area contributed by atoms with Crippen molar-refractivity contribution < 1.29 is 20.1 Å². The summed E-state index contributed by atoms with van der Waals surface area (Å²) in [6, 6.07) is 0. The molecule has 0 saturated heterocycles. The molecule has 0 heterocycles. The molecule has 4 nitrogen and oxygen atoms in total. The zero-order chi connectivity index (χ0) is 8.43. The van der Waals surface area contributed by atoms with Gasteiger partial charge in [-0.3, -0.25) is 4.79 Å². The largest absolute Gasteiger partial charge is 0.505 e. The van der Waals surface area contributed by atoms with Crippen molar-refractivity contribution in [3.63, 3.8) is 0 Å². The van der Waals surface area contributed by atoms with Crippen LogP contribution in [0.3, 0.4) is 0 Å². The molecule has 0 bridgehead atoms. The quantitative estimate of drug-likeness (QED) is 0.475. The lowest BCUT2D eigenvalue weighted by Crippen LogP contribution is -2.35. The number of carbonyl (C=O) groups excluding carboxylic acids is 1. The van der Waals surface area contributed by atoms with Crippen molar-refractivity contribution in [1.29, 1.82) is 0 Å². The van der Waals surface area contributed by atoms with Gasteiger partial charge in [-0.15, -0.1) is 0 Å². The molecular weight excluding hydrogens is 148 g/mol. The predicted octanol–water partition coefficient (Wildman–Crippen LogP) is -0.629. The van der Waals surface area contributed by atoms with E-state index in [1.165, 1.54) is 6.08 Å². The minimum atomic E-state index is -1.25. The van der Waals surface area contributed by atoms with Crippen molar-refractivity contribution in [3.05, 3.63) is 11.8 Å². The second kappa shape index (κ2) is 3.02. The standard InChI is InChI=1S/C7H10O4/c8-3-4-1-2-5(9)7(11)6(4)10/h2,4,6,8-10H,1,3H2. The molecule has 2 unspecified atom stereocenters. The van der Waals surface area contributed by atoms with Gasteiger partial charge in [0.1, 0.15) is 6.10 Å². The molecule has 1 aliphatic carbocycles. The van der Waals surface area contributed by atoms with E-state index < -0.39 is 23.6 Å². The first kappa shape index (κ1) is 8.23. The lowest BCUT2D eigenvalue weighted by Gasteiger charge is -2.21. The number of carbonyl (C=O) groups is 1. The van der Waals surface area contributed by atoms with Crippen LogP contribution in [0.1, 0.15) is 6.42 Å². The number of aliphatic hydroxyl groups excluding tert-OH is 3. The van der Waals surface area contributed by atoms with Crippen LogP contribution in [0.25, 0.3) is 0 Å². The van der Waals surface area contributed by atoms with Crippen molar-refractivity contribution >= 4 is 5.78 Å². The van der Waals surface area contributed by atoms with E-state index in [4.69, 9.17) is 15.3 Å². The summed E-state index contributed by atoms with van der Waals surface area (Å²) in [6.45, 7) is -0.239. The Morgan fingerprint density at radius 3 is 2.82 bits per heavy atom. The molecule has 0 saturated carbocycles. The second-order valence-corrected chi connectivity index (χ2v) is 2.58.